The fraction of sp³-hybridized carbons (Fsp3) is 0.143. The molecule has 0 bridgehead atoms. The summed E-state index contributed by atoms with van der Waals surface area (Å²) in [4.78, 5) is 28.0. The topological polar surface area (TPSA) is 83.4 Å². The van der Waals surface area contributed by atoms with Crippen molar-refractivity contribution in [1.82, 2.24) is 10.2 Å². The molecule has 1 aliphatic rings. The van der Waals surface area contributed by atoms with E-state index in [4.69, 9.17) is 11.6 Å². The van der Waals surface area contributed by atoms with Gasteiger partial charge in [0.15, 0.2) is 4.34 Å². The summed E-state index contributed by atoms with van der Waals surface area (Å²) in [6, 6.07) is 17.8. The number of thioether (sulfide) groups is 1. The molecule has 0 saturated carbocycles. The van der Waals surface area contributed by atoms with E-state index in [0.717, 1.165) is 22.5 Å². The minimum absolute atomic E-state index is 0.0400. The van der Waals surface area contributed by atoms with E-state index in [-0.39, 0.29) is 22.3 Å². The first-order valence-corrected chi connectivity index (χ1v) is 13.8. The molecule has 1 N–H and O–H groups in total. The van der Waals surface area contributed by atoms with Gasteiger partial charge in [-0.25, -0.2) is 4.39 Å². The zero-order chi connectivity index (χ0) is 27.0. The van der Waals surface area contributed by atoms with Gasteiger partial charge in [-0.05, 0) is 54.8 Å². The molecular formula is C28H21ClFN3O3S2. The molecule has 1 unspecified atom stereocenters. The fourth-order valence-electron chi connectivity index (χ4n) is 4.24. The van der Waals surface area contributed by atoms with Crippen molar-refractivity contribution < 1.29 is 19.1 Å². The molecule has 4 aromatic rings. The van der Waals surface area contributed by atoms with Gasteiger partial charge in [-0.2, -0.15) is 0 Å². The Morgan fingerprint density at radius 1 is 1.08 bits per heavy atom. The number of aryl methyl sites for hydroxylation is 2. The second-order valence-corrected chi connectivity index (χ2v) is 11.4. The second-order valence-electron chi connectivity index (χ2n) is 8.77. The zero-order valence-corrected chi connectivity index (χ0v) is 22.7. The summed E-state index contributed by atoms with van der Waals surface area (Å²) < 4.78 is 14.6. The average molecular weight is 566 g/mol. The molecule has 0 aliphatic carbocycles. The molecule has 1 amide bonds. The number of halogens is 2. The number of hydrogen-bond donors (Lipinski definition) is 1. The summed E-state index contributed by atoms with van der Waals surface area (Å²) in [6.45, 7) is 3.71. The number of aliphatic hydroxyl groups is 1. The van der Waals surface area contributed by atoms with Crippen molar-refractivity contribution in [2.45, 2.75) is 30.0 Å². The number of anilines is 1. The third-order valence-electron chi connectivity index (χ3n) is 6.19. The number of rotatable bonds is 6. The summed E-state index contributed by atoms with van der Waals surface area (Å²) in [5, 5.41) is 20.4. The van der Waals surface area contributed by atoms with Crippen molar-refractivity contribution >= 4 is 57.3 Å². The van der Waals surface area contributed by atoms with Crippen LogP contribution >= 0.6 is 34.7 Å². The first-order valence-electron chi connectivity index (χ1n) is 11.6. The number of carbonyl (C=O) groups is 2. The SMILES string of the molecule is Cc1ccc(C)c(C(O)=C2C(=O)C(=O)N(c3nnc(SCc4ccccc4F)s3)C2c2ccc(Cl)cc2)c1. The van der Waals surface area contributed by atoms with Crippen molar-refractivity contribution in [1.29, 1.82) is 0 Å². The molecule has 1 atom stereocenters. The second kappa shape index (κ2) is 10.7. The number of ketones is 1. The molecule has 3 aromatic carbocycles. The molecule has 1 aliphatic heterocycles. The highest BCUT2D eigenvalue weighted by atomic mass is 35.5. The largest absolute Gasteiger partial charge is 0.507 e. The summed E-state index contributed by atoms with van der Waals surface area (Å²) in [6.07, 6.45) is 0. The summed E-state index contributed by atoms with van der Waals surface area (Å²) >= 11 is 8.50. The maximum atomic E-state index is 14.0. The fourth-order valence-corrected chi connectivity index (χ4v) is 6.22. The van der Waals surface area contributed by atoms with Gasteiger partial charge in [-0.3, -0.25) is 14.5 Å². The lowest BCUT2D eigenvalue weighted by molar-refractivity contribution is -0.132. The lowest BCUT2D eigenvalue weighted by Gasteiger charge is -2.22. The van der Waals surface area contributed by atoms with Crippen molar-refractivity contribution in [3.05, 3.63) is 111 Å². The van der Waals surface area contributed by atoms with Gasteiger partial charge in [0.25, 0.3) is 5.78 Å². The first-order chi connectivity index (χ1) is 18.2. The van der Waals surface area contributed by atoms with Gasteiger partial charge in [-0.15, -0.1) is 10.2 Å². The number of hydrogen-bond acceptors (Lipinski definition) is 7. The quantitative estimate of drug-likeness (QED) is 0.0903. The van der Waals surface area contributed by atoms with E-state index in [2.05, 4.69) is 10.2 Å². The highest BCUT2D eigenvalue weighted by Gasteiger charge is 2.48. The van der Waals surface area contributed by atoms with Crippen LogP contribution in [0.4, 0.5) is 9.52 Å². The van der Waals surface area contributed by atoms with E-state index in [1.54, 1.807) is 48.5 Å². The van der Waals surface area contributed by atoms with Crippen LogP contribution in [0, 0.1) is 19.7 Å². The van der Waals surface area contributed by atoms with Crippen LogP contribution in [0.3, 0.4) is 0 Å². The number of aliphatic hydroxyl groups excluding tert-OH is 1. The van der Waals surface area contributed by atoms with Crippen molar-refractivity contribution in [3.8, 4) is 0 Å². The van der Waals surface area contributed by atoms with Gasteiger partial charge in [0.05, 0.1) is 11.6 Å². The molecule has 192 valence electrons. The maximum absolute atomic E-state index is 14.0. The van der Waals surface area contributed by atoms with Crippen LogP contribution in [0.25, 0.3) is 5.76 Å². The monoisotopic (exact) mass is 565 g/mol. The van der Waals surface area contributed by atoms with Crippen molar-refractivity contribution in [3.63, 3.8) is 0 Å². The molecule has 1 fully saturated rings. The molecule has 38 heavy (non-hydrogen) atoms. The van der Waals surface area contributed by atoms with E-state index in [1.165, 1.54) is 22.7 Å². The van der Waals surface area contributed by atoms with Crippen molar-refractivity contribution in [2.24, 2.45) is 0 Å². The Bertz CT molecular complexity index is 1590. The van der Waals surface area contributed by atoms with Gasteiger partial charge >= 0.3 is 5.91 Å². The highest BCUT2D eigenvalue weighted by molar-refractivity contribution is 8.00. The molecule has 0 radical (unpaired) electrons. The van der Waals surface area contributed by atoms with Gasteiger partial charge in [0, 0.05) is 16.3 Å². The Balaban J connectivity index is 1.57. The molecule has 0 spiro atoms. The van der Waals surface area contributed by atoms with Crippen LogP contribution in [0.1, 0.15) is 33.9 Å². The van der Waals surface area contributed by atoms with Crippen LogP contribution in [-0.4, -0.2) is 27.0 Å². The number of amides is 1. The number of nitrogens with zero attached hydrogens (tertiary/aromatic N) is 3. The summed E-state index contributed by atoms with van der Waals surface area (Å²) in [7, 11) is 0. The molecule has 6 nitrogen and oxygen atoms in total. The predicted molar refractivity (Wildman–Crippen MR) is 148 cm³/mol. The van der Waals surface area contributed by atoms with E-state index < -0.39 is 17.7 Å². The van der Waals surface area contributed by atoms with Crippen LogP contribution < -0.4 is 4.90 Å². The van der Waals surface area contributed by atoms with Gasteiger partial charge < -0.3 is 5.11 Å². The van der Waals surface area contributed by atoms with Crippen LogP contribution in [-0.2, 0) is 15.3 Å². The summed E-state index contributed by atoms with van der Waals surface area (Å²) in [5.74, 6) is -1.89. The Hall–Kier alpha value is -3.53. The minimum Gasteiger partial charge on any atom is -0.507 e. The Labute approximate surface area is 231 Å². The lowest BCUT2D eigenvalue weighted by Crippen LogP contribution is -2.29. The Morgan fingerprint density at radius 2 is 1.82 bits per heavy atom. The van der Waals surface area contributed by atoms with Crippen LogP contribution in [0.15, 0.2) is 76.6 Å². The standard InChI is InChI=1S/C28H21ClFN3O3S2/c1-15-7-8-16(2)20(13-15)24(34)22-23(17-9-11-19(29)12-10-17)33(26(36)25(22)35)27-31-32-28(38-27)37-14-18-5-3-4-6-21(18)30/h3-13,23,34H,14H2,1-2H3. The molecular weight excluding hydrogens is 545 g/mol. The van der Waals surface area contributed by atoms with E-state index in [0.29, 0.717) is 31.8 Å². The average Bonchev–Trinajstić information content (AvgIpc) is 3.47. The van der Waals surface area contributed by atoms with Gasteiger partial charge in [-0.1, -0.05) is 82.7 Å². The lowest BCUT2D eigenvalue weighted by atomic mass is 9.93. The number of benzene rings is 3. The van der Waals surface area contributed by atoms with Gasteiger partial charge in [0.2, 0.25) is 5.13 Å². The van der Waals surface area contributed by atoms with E-state index >= 15 is 0 Å². The molecule has 2 heterocycles. The molecule has 10 heteroatoms. The van der Waals surface area contributed by atoms with Crippen LogP contribution in [0.2, 0.25) is 5.02 Å². The Morgan fingerprint density at radius 3 is 2.55 bits per heavy atom. The zero-order valence-electron chi connectivity index (χ0n) is 20.3. The maximum Gasteiger partial charge on any atom is 0.301 e. The molecule has 1 saturated heterocycles. The molecule has 5 rings (SSSR count). The highest BCUT2D eigenvalue weighted by Crippen LogP contribution is 2.44. The first kappa shape index (κ1) is 26.1. The Kier molecular flexibility index (Phi) is 7.34. The van der Waals surface area contributed by atoms with E-state index in [9.17, 15) is 19.1 Å². The minimum atomic E-state index is -0.940. The van der Waals surface area contributed by atoms with Crippen LogP contribution in [0.5, 0.6) is 0 Å². The number of aromatic nitrogens is 2. The summed E-state index contributed by atoms with van der Waals surface area (Å²) in [5.41, 5.74) is 3.19. The third-order valence-corrected chi connectivity index (χ3v) is 8.55. The van der Waals surface area contributed by atoms with Gasteiger partial charge in [0.1, 0.15) is 11.6 Å². The normalized spacial score (nSPS) is 16.8. The van der Waals surface area contributed by atoms with Crippen molar-refractivity contribution in [2.75, 3.05) is 4.90 Å². The number of carbonyl (C=O) groups excluding carboxylic acids is 2. The third kappa shape index (κ3) is 4.97. The number of Topliss-reactive ketones (excluding diaryl/α,β-unsaturated/α-hetero) is 1. The smallest absolute Gasteiger partial charge is 0.301 e. The molecule has 1 aromatic heterocycles. The predicted octanol–water partition coefficient (Wildman–Crippen LogP) is 6.87. The van der Waals surface area contributed by atoms with E-state index in [1.807, 2.05) is 26.0 Å².